The number of anilines is 4. The van der Waals surface area contributed by atoms with Gasteiger partial charge in [0.1, 0.15) is 5.82 Å². The van der Waals surface area contributed by atoms with E-state index in [4.69, 9.17) is 4.98 Å². The van der Waals surface area contributed by atoms with Gasteiger partial charge in [-0.15, -0.1) is 0 Å². The molecule has 2 aromatic heterocycles. The summed E-state index contributed by atoms with van der Waals surface area (Å²) in [5.41, 5.74) is 4.45. The molecule has 0 saturated carbocycles. The zero-order chi connectivity index (χ0) is 22.6. The average Bonchev–Trinajstić information content (AvgIpc) is 2.85. The molecule has 1 fully saturated rings. The van der Waals surface area contributed by atoms with Crippen molar-refractivity contribution < 1.29 is 4.79 Å². The van der Waals surface area contributed by atoms with Gasteiger partial charge in [0.15, 0.2) is 0 Å². The van der Waals surface area contributed by atoms with Crippen LogP contribution in [-0.2, 0) is 0 Å². The molecule has 1 aliphatic rings. The molecule has 8 nitrogen and oxygen atoms in total. The fourth-order valence-electron chi connectivity index (χ4n) is 3.97. The highest BCUT2D eigenvalue weighted by Gasteiger charge is 2.14. The molecular weight excluding hydrogens is 414 g/mol. The maximum Gasteiger partial charge on any atom is 0.255 e. The van der Waals surface area contributed by atoms with Crippen LogP contribution in [0.15, 0.2) is 60.9 Å². The fourth-order valence-corrected chi connectivity index (χ4v) is 3.97. The Bertz CT molecular complexity index is 1280. The summed E-state index contributed by atoms with van der Waals surface area (Å²) in [6, 6.07) is 14.8. The Labute approximate surface area is 192 Å². The standard InChI is InChI=1S/C25H25N7O/c1-17-15-23(32-13-3-2-4-14-32)31-25(28-17)30-20-8-6-19(7-9-20)29-24(33)18-5-10-21-22(16-18)27-12-11-26-21/h5-12,15-16H,2-4,13-14H2,1H3,(H,29,33)(H,28,30,31). The van der Waals surface area contributed by atoms with Gasteiger partial charge in [-0.25, -0.2) is 4.98 Å². The van der Waals surface area contributed by atoms with Crippen LogP contribution in [0.4, 0.5) is 23.1 Å². The van der Waals surface area contributed by atoms with Crippen LogP contribution in [0.2, 0.25) is 0 Å². The van der Waals surface area contributed by atoms with Crippen molar-refractivity contribution in [2.24, 2.45) is 0 Å². The van der Waals surface area contributed by atoms with E-state index in [9.17, 15) is 4.79 Å². The molecule has 0 radical (unpaired) electrons. The number of piperidine rings is 1. The maximum absolute atomic E-state index is 12.7. The van der Waals surface area contributed by atoms with E-state index in [-0.39, 0.29) is 5.91 Å². The summed E-state index contributed by atoms with van der Waals surface area (Å²) in [6.45, 7) is 4.06. The van der Waals surface area contributed by atoms with Crippen molar-refractivity contribution >= 4 is 40.1 Å². The number of rotatable bonds is 5. The van der Waals surface area contributed by atoms with Crippen LogP contribution < -0.4 is 15.5 Å². The van der Waals surface area contributed by atoms with Crippen LogP contribution in [0.1, 0.15) is 35.3 Å². The van der Waals surface area contributed by atoms with Crippen molar-refractivity contribution in [3.8, 4) is 0 Å². The number of amides is 1. The number of hydrogen-bond acceptors (Lipinski definition) is 7. The van der Waals surface area contributed by atoms with Gasteiger partial charge in [-0.3, -0.25) is 14.8 Å². The summed E-state index contributed by atoms with van der Waals surface area (Å²) in [5, 5.41) is 6.20. The van der Waals surface area contributed by atoms with Crippen LogP contribution in [0.25, 0.3) is 11.0 Å². The summed E-state index contributed by atoms with van der Waals surface area (Å²) in [4.78, 5) is 32.7. The molecule has 166 valence electrons. The minimum atomic E-state index is -0.198. The molecule has 1 saturated heterocycles. The Hall–Kier alpha value is -4.07. The Morgan fingerprint density at radius 1 is 0.848 bits per heavy atom. The Balaban J connectivity index is 1.26. The number of benzene rings is 2. The Morgan fingerprint density at radius 3 is 2.36 bits per heavy atom. The smallest absolute Gasteiger partial charge is 0.255 e. The highest BCUT2D eigenvalue weighted by atomic mass is 16.1. The van der Waals surface area contributed by atoms with Gasteiger partial charge >= 0.3 is 0 Å². The first kappa shape index (κ1) is 20.8. The predicted molar refractivity (Wildman–Crippen MR) is 130 cm³/mol. The van der Waals surface area contributed by atoms with Crippen molar-refractivity contribution in [1.29, 1.82) is 0 Å². The first-order valence-corrected chi connectivity index (χ1v) is 11.1. The third kappa shape index (κ3) is 4.90. The van der Waals surface area contributed by atoms with Crippen LogP contribution in [0.5, 0.6) is 0 Å². The quantitative estimate of drug-likeness (QED) is 0.465. The van der Waals surface area contributed by atoms with Gasteiger partial charge in [-0.05, 0) is 68.7 Å². The summed E-state index contributed by atoms with van der Waals surface area (Å²) < 4.78 is 0. The lowest BCUT2D eigenvalue weighted by Crippen LogP contribution is -2.30. The van der Waals surface area contributed by atoms with Crippen LogP contribution >= 0.6 is 0 Å². The van der Waals surface area contributed by atoms with E-state index in [0.29, 0.717) is 22.7 Å². The number of aromatic nitrogens is 4. The molecular formula is C25H25N7O. The molecule has 4 aromatic rings. The SMILES string of the molecule is Cc1cc(N2CCCCC2)nc(Nc2ccc(NC(=O)c3ccc4nccnc4c3)cc2)n1. The van der Waals surface area contributed by atoms with Crippen LogP contribution in [-0.4, -0.2) is 38.9 Å². The van der Waals surface area contributed by atoms with Gasteiger partial charge in [-0.2, -0.15) is 4.98 Å². The number of nitrogens with zero attached hydrogens (tertiary/aromatic N) is 5. The summed E-state index contributed by atoms with van der Waals surface area (Å²) in [5.74, 6) is 1.34. The van der Waals surface area contributed by atoms with Crippen LogP contribution in [0.3, 0.4) is 0 Å². The molecule has 0 bridgehead atoms. The molecule has 1 amide bonds. The first-order valence-electron chi connectivity index (χ1n) is 11.1. The van der Waals surface area contributed by atoms with Gasteiger partial charge < -0.3 is 15.5 Å². The van der Waals surface area contributed by atoms with Gasteiger partial charge in [0.05, 0.1) is 11.0 Å². The van der Waals surface area contributed by atoms with Crippen molar-refractivity contribution in [3.05, 3.63) is 72.2 Å². The minimum Gasteiger partial charge on any atom is -0.356 e. The molecule has 2 aromatic carbocycles. The average molecular weight is 440 g/mol. The summed E-state index contributed by atoms with van der Waals surface area (Å²) >= 11 is 0. The number of fused-ring (bicyclic) bond motifs is 1. The van der Waals surface area contributed by atoms with Crippen molar-refractivity contribution in [1.82, 2.24) is 19.9 Å². The number of carbonyl (C=O) groups excluding carboxylic acids is 1. The molecule has 2 N–H and O–H groups in total. The molecule has 1 aliphatic heterocycles. The Kier molecular flexibility index (Phi) is 5.80. The van der Waals surface area contributed by atoms with Gasteiger partial charge in [0, 0.05) is 54.2 Å². The second-order valence-corrected chi connectivity index (χ2v) is 8.16. The number of nitrogens with one attached hydrogen (secondary N) is 2. The molecule has 0 atom stereocenters. The topological polar surface area (TPSA) is 95.9 Å². The highest BCUT2D eigenvalue weighted by molar-refractivity contribution is 6.05. The Morgan fingerprint density at radius 2 is 1.58 bits per heavy atom. The number of aryl methyl sites for hydroxylation is 1. The van der Waals surface area contributed by atoms with Crippen molar-refractivity contribution in [2.75, 3.05) is 28.6 Å². The van der Waals surface area contributed by atoms with E-state index in [1.807, 2.05) is 37.3 Å². The molecule has 5 rings (SSSR count). The first-order chi connectivity index (χ1) is 16.1. The zero-order valence-electron chi connectivity index (χ0n) is 18.5. The van der Waals surface area contributed by atoms with Gasteiger partial charge in [0.25, 0.3) is 5.91 Å². The zero-order valence-corrected chi connectivity index (χ0v) is 18.5. The normalized spacial score (nSPS) is 13.7. The monoisotopic (exact) mass is 439 g/mol. The fraction of sp³-hybridized carbons (Fsp3) is 0.240. The van der Waals surface area contributed by atoms with E-state index < -0.39 is 0 Å². The molecule has 0 aliphatic carbocycles. The molecule has 0 spiro atoms. The molecule has 3 heterocycles. The van der Waals surface area contributed by atoms with Crippen LogP contribution in [0, 0.1) is 6.92 Å². The van der Waals surface area contributed by atoms with Crippen molar-refractivity contribution in [2.45, 2.75) is 26.2 Å². The minimum absolute atomic E-state index is 0.198. The van der Waals surface area contributed by atoms with E-state index >= 15 is 0 Å². The number of carbonyl (C=O) groups is 1. The summed E-state index contributed by atoms with van der Waals surface area (Å²) in [6.07, 6.45) is 6.93. The van der Waals surface area contributed by atoms with Gasteiger partial charge in [-0.1, -0.05) is 0 Å². The summed E-state index contributed by atoms with van der Waals surface area (Å²) in [7, 11) is 0. The van der Waals surface area contributed by atoms with E-state index in [1.54, 1.807) is 30.6 Å². The van der Waals surface area contributed by atoms with E-state index in [2.05, 4.69) is 30.5 Å². The second kappa shape index (κ2) is 9.20. The lowest BCUT2D eigenvalue weighted by molar-refractivity contribution is 0.102. The lowest BCUT2D eigenvalue weighted by Gasteiger charge is -2.28. The third-order valence-electron chi connectivity index (χ3n) is 5.65. The molecule has 33 heavy (non-hydrogen) atoms. The van der Waals surface area contributed by atoms with Gasteiger partial charge in [0.2, 0.25) is 5.95 Å². The third-order valence-corrected chi connectivity index (χ3v) is 5.65. The molecule has 8 heteroatoms. The second-order valence-electron chi connectivity index (χ2n) is 8.16. The predicted octanol–water partition coefficient (Wildman–Crippen LogP) is 4.71. The van der Waals surface area contributed by atoms with E-state index in [0.717, 1.165) is 35.8 Å². The largest absolute Gasteiger partial charge is 0.356 e. The molecule has 0 unspecified atom stereocenters. The van der Waals surface area contributed by atoms with E-state index in [1.165, 1.54) is 19.3 Å². The number of hydrogen-bond donors (Lipinski definition) is 2. The lowest BCUT2D eigenvalue weighted by atomic mass is 10.1. The maximum atomic E-state index is 12.7. The highest BCUT2D eigenvalue weighted by Crippen LogP contribution is 2.22. The van der Waals surface area contributed by atoms with Crippen molar-refractivity contribution in [3.63, 3.8) is 0 Å².